The van der Waals surface area contributed by atoms with Crippen molar-refractivity contribution in [3.8, 4) is 0 Å². The first-order valence-electron chi connectivity index (χ1n) is 12.2. The molecule has 1 aromatic rings. The monoisotopic (exact) mass is 429 g/mol. The van der Waals surface area contributed by atoms with Crippen LogP contribution in [0, 0.1) is 5.92 Å². The van der Waals surface area contributed by atoms with E-state index >= 15 is 0 Å². The third-order valence-electron chi connectivity index (χ3n) is 6.72. The molecule has 2 unspecified atom stereocenters. The summed E-state index contributed by atoms with van der Waals surface area (Å²) >= 11 is 0. The Bertz CT molecular complexity index is 793. The lowest BCUT2D eigenvalue weighted by Crippen LogP contribution is -2.48. The number of carbonyl (C=O) groups excluding carboxylic acids is 2. The molecule has 1 amide bonds. The lowest BCUT2D eigenvalue weighted by atomic mass is 9.83. The summed E-state index contributed by atoms with van der Waals surface area (Å²) in [7, 11) is 0. The smallest absolute Gasteiger partial charge is 0.250 e. The Morgan fingerprint density at radius 3 is 2.39 bits per heavy atom. The molecule has 2 bridgehead atoms. The highest BCUT2D eigenvalue weighted by Crippen LogP contribution is 2.34. The van der Waals surface area contributed by atoms with Crippen LogP contribution >= 0.6 is 0 Å². The Hall–Kier alpha value is -1.95. The van der Waals surface area contributed by atoms with Gasteiger partial charge in [-0.2, -0.15) is 0 Å². The van der Waals surface area contributed by atoms with E-state index in [0.717, 1.165) is 83.4 Å². The number of piperidine rings is 1. The van der Waals surface area contributed by atoms with Crippen LogP contribution in [0.2, 0.25) is 0 Å². The Kier molecular flexibility index (Phi) is 8.88. The molecule has 2 aliphatic rings. The maximum Gasteiger partial charge on any atom is 0.250 e. The number of nitrogens with zero attached hydrogens (tertiary/aromatic N) is 3. The lowest BCUT2D eigenvalue weighted by molar-refractivity contribution is -0.136. The van der Waals surface area contributed by atoms with Gasteiger partial charge in [-0.1, -0.05) is 45.6 Å². The number of aromatic nitrogens is 1. The van der Waals surface area contributed by atoms with Gasteiger partial charge in [0.15, 0.2) is 5.78 Å². The summed E-state index contributed by atoms with van der Waals surface area (Å²) in [4.78, 5) is 41.9. The molecule has 6 heteroatoms. The van der Waals surface area contributed by atoms with Crippen LogP contribution in [0.25, 0.3) is 0 Å². The van der Waals surface area contributed by atoms with E-state index in [1.807, 2.05) is 21.6 Å². The lowest BCUT2D eigenvalue weighted by Gasteiger charge is -2.42. The highest BCUT2D eigenvalue weighted by atomic mass is 16.2. The minimum absolute atomic E-state index is 0.00805. The van der Waals surface area contributed by atoms with Crippen molar-refractivity contribution in [3.63, 3.8) is 0 Å². The molecule has 1 saturated heterocycles. The third-order valence-corrected chi connectivity index (χ3v) is 6.72. The number of rotatable bonds is 12. The number of unbranched alkanes of at least 4 members (excludes halogenated alkanes) is 4. The molecule has 0 aromatic carbocycles. The highest BCUT2D eigenvalue weighted by molar-refractivity contribution is 5.99. The molecule has 2 atom stereocenters. The number of amides is 1. The Labute approximate surface area is 186 Å². The van der Waals surface area contributed by atoms with Gasteiger partial charge in [0.2, 0.25) is 5.91 Å². The van der Waals surface area contributed by atoms with Gasteiger partial charge in [-0.15, -0.1) is 0 Å². The van der Waals surface area contributed by atoms with Crippen LogP contribution in [-0.2, 0) is 16.1 Å². The molecule has 0 radical (unpaired) electrons. The maximum atomic E-state index is 12.8. The molecule has 1 aromatic heterocycles. The van der Waals surface area contributed by atoms with E-state index in [0.29, 0.717) is 18.4 Å². The molecule has 172 valence electrons. The molecule has 0 aliphatic carbocycles. The first kappa shape index (κ1) is 23.7. The predicted molar refractivity (Wildman–Crippen MR) is 123 cm³/mol. The molecule has 0 N–H and O–H groups in total. The highest BCUT2D eigenvalue weighted by Gasteiger charge is 2.35. The van der Waals surface area contributed by atoms with Crippen molar-refractivity contribution in [1.82, 2.24) is 14.4 Å². The largest absolute Gasteiger partial charge is 0.342 e. The average molecular weight is 430 g/mol. The summed E-state index contributed by atoms with van der Waals surface area (Å²) < 4.78 is 1.91. The summed E-state index contributed by atoms with van der Waals surface area (Å²) in [6.45, 7) is 8.55. The van der Waals surface area contributed by atoms with Crippen molar-refractivity contribution < 1.29 is 9.59 Å². The van der Waals surface area contributed by atoms with E-state index in [2.05, 4.69) is 18.7 Å². The standard InChI is InChI=1S/C25H39N3O3/c1-3-5-7-12-27(13-8-6-4-2)25(31)15-22(29)19-26-16-20-14-21(18-26)23-10-9-11-24(30)28(23)17-20/h9-11,20-21H,3-8,12-19H2,1-2H3. The topological polar surface area (TPSA) is 62.6 Å². The number of ketones is 1. The zero-order valence-electron chi connectivity index (χ0n) is 19.4. The summed E-state index contributed by atoms with van der Waals surface area (Å²) in [5, 5.41) is 0. The van der Waals surface area contributed by atoms with E-state index in [-0.39, 0.29) is 23.7 Å². The predicted octanol–water partition coefficient (Wildman–Crippen LogP) is 3.44. The van der Waals surface area contributed by atoms with Gasteiger partial charge in [-0.05, 0) is 31.2 Å². The molecule has 2 aliphatic heterocycles. The van der Waals surface area contributed by atoms with Crippen LogP contribution in [0.1, 0.15) is 76.8 Å². The number of hydrogen-bond acceptors (Lipinski definition) is 4. The first-order chi connectivity index (χ1) is 15.0. The fraction of sp³-hybridized carbons (Fsp3) is 0.720. The first-order valence-corrected chi connectivity index (χ1v) is 12.2. The second-order valence-electron chi connectivity index (χ2n) is 9.40. The fourth-order valence-corrected chi connectivity index (χ4v) is 5.18. The van der Waals surface area contributed by atoms with Crippen LogP contribution in [0.15, 0.2) is 23.0 Å². The normalized spacial score (nSPS) is 20.3. The quantitative estimate of drug-likeness (QED) is 0.377. The zero-order valence-corrected chi connectivity index (χ0v) is 19.4. The minimum atomic E-state index is -0.00805. The van der Waals surface area contributed by atoms with Crippen molar-refractivity contribution in [2.24, 2.45) is 5.92 Å². The van der Waals surface area contributed by atoms with Crippen LogP contribution in [0.3, 0.4) is 0 Å². The number of carbonyl (C=O) groups is 2. The molecule has 3 heterocycles. The van der Waals surface area contributed by atoms with Gasteiger partial charge in [-0.3, -0.25) is 19.3 Å². The van der Waals surface area contributed by atoms with Crippen LogP contribution < -0.4 is 5.56 Å². The SMILES string of the molecule is CCCCCN(CCCCC)C(=O)CC(=O)CN1CC2CC(C1)c1cccc(=O)n1C2. The summed E-state index contributed by atoms with van der Waals surface area (Å²) in [5.41, 5.74) is 1.17. The van der Waals surface area contributed by atoms with Crippen molar-refractivity contribution in [2.45, 2.75) is 77.7 Å². The number of pyridine rings is 1. The van der Waals surface area contributed by atoms with Gasteiger partial charge in [0.1, 0.15) is 0 Å². The van der Waals surface area contributed by atoms with Gasteiger partial charge in [0, 0.05) is 50.4 Å². The van der Waals surface area contributed by atoms with E-state index < -0.39 is 0 Å². The van der Waals surface area contributed by atoms with Crippen molar-refractivity contribution >= 4 is 11.7 Å². The third kappa shape index (κ3) is 6.52. The van der Waals surface area contributed by atoms with Crippen LogP contribution in [-0.4, -0.2) is 58.8 Å². The molecule has 0 saturated carbocycles. The number of Topliss-reactive ketones (excluding diaryl/α,β-unsaturated/α-hetero) is 1. The Morgan fingerprint density at radius 2 is 1.71 bits per heavy atom. The zero-order chi connectivity index (χ0) is 22.2. The fourth-order valence-electron chi connectivity index (χ4n) is 5.18. The molecular weight excluding hydrogens is 390 g/mol. The van der Waals surface area contributed by atoms with Gasteiger partial charge in [0.05, 0.1) is 13.0 Å². The van der Waals surface area contributed by atoms with Gasteiger partial charge in [-0.25, -0.2) is 0 Å². The summed E-state index contributed by atoms with van der Waals surface area (Å²) in [5.74, 6) is 0.705. The summed E-state index contributed by atoms with van der Waals surface area (Å²) in [6.07, 6.45) is 7.60. The van der Waals surface area contributed by atoms with E-state index in [1.54, 1.807) is 6.07 Å². The molecule has 31 heavy (non-hydrogen) atoms. The Morgan fingerprint density at radius 1 is 1.00 bits per heavy atom. The number of likely N-dealkylation sites (tertiary alicyclic amines) is 1. The van der Waals surface area contributed by atoms with Crippen LogP contribution in [0.4, 0.5) is 0 Å². The number of fused-ring (bicyclic) bond motifs is 4. The second-order valence-corrected chi connectivity index (χ2v) is 9.40. The summed E-state index contributed by atoms with van der Waals surface area (Å²) in [6, 6.07) is 5.51. The van der Waals surface area contributed by atoms with Crippen molar-refractivity contribution in [1.29, 1.82) is 0 Å². The Balaban J connectivity index is 1.53. The van der Waals surface area contributed by atoms with E-state index in [1.165, 1.54) is 0 Å². The van der Waals surface area contributed by atoms with Gasteiger partial charge < -0.3 is 9.47 Å². The van der Waals surface area contributed by atoms with E-state index in [9.17, 15) is 14.4 Å². The van der Waals surface area contributed by atoms with Crippen molar-refractivity contribution in [3.05, 3.63) is 34.2 Å². The second kappa shape index (κ2) is 11.6. The maximum absolute atomic E-state index is 12.8. The average Bonchev–Trinajstić information content (AvgIpc) is 2.73. The molecular formula is C25H39N3O3. The number of hydrogen-bond donors (Lipinski definition) is 0. The molecule has 0 spiro atoms. The molecule has 3 rings (SSSR count). The van der Waals surface area contributed by atoms with E-state index in [4.69, 9.17) is 0 Å². The molecule has 6 nitrogen and oxygen atoms in total. The van der Waals surface area contributed by atoms with Gasteiger partial charge >= 0.3 is 0 Å². The van der Waals surface area contributed by atoms with Crippen molar-refractivity contribution in [2.75, 3.05) is 32.7 Å². The minimum Gasteiger partial charge on any atom is -0.342 e. The van der Waals surface area contributed by atoms with Gasteiger partial charge in [0.25, 0.3) is 5.56 Å². The molecule has 1 fully saturated rings. The van der Waals surface area contributed by atoms with Crippen LogP contribution in [0.5, 0.6) is 0 Å².